The van der Waals surface area contributed by atoms with E-state index in [0.29, 0.717) is 11.3 Å². The molecule has 15 heavy (non-hydrogen) atoms. The van der Waals surface area contributed by atoms with E-state index in [-0.39, 0.29) is 5.91 Å². The van der Waals surface area contributed by atoms with Gasteiger partial charge in [0, 0.05) is 19.6 Å². The summed E-state index contributed by atoms with van der Waals surface area (Å²) in [6.45, 7) is 5.18. The number of nitrogens with zero attached hydrogens (tertiary/aromatic N) is 2. The van der Waals surface area contributed by atoms with Crippen LogP contribution in [0.5, 0.6) is 0 Å². The largest absolute Gasteiger partial charge is 0.364 e. The van der Waals surface area contributed by atoms with Crippen LogP contribution in [-0.2, 0) is 0 Å². The molecule has 0 aliphatic carbocycles. The number of rotatable bonds is 1. The minimum atomic E-state index is 0.0254. The summed E-state index contributed by atoms with van der Waals surface area (Å²) in [4.78, 5) is 13.9. The highest BCUT2D eigenvalue weighted by Crippen LogP contribution is 2.10. The van der Waals surface area contributed by atoms with Crippen molar-refractivity contribution in [2.24, 2.45) is 0 Å². The van der Waals surface area contributed by atoms with Gasteiger partial charge in [0.2, 0.25) is 0 Å². The average Bonchev–Trinajstić information content (AvgIpc) is 2.53. The van der Waals surface area contributed by atoms with Gasteiger partial charge in [-0.3, -0.25) is 4.79 Å². The van der Waals surface area contributed by atoms with Gasteiger partial charge in [0.25, 0.3) is 5.91 Å². The quantitative estimate of drug-likeness (QED) is 0.728. The van der Waals surface area contributed by atoms with Gasteiger partial charge in [0.15, 0.2) is 0 Å². The second-order valence-corrected chi connectivity index (χ2v) is 3.71. The zero-order valence-electron chi connectivity index (χ0n) is 8.82. The van der Waals surface area contributed by atoms with Crippen LogP contribution in [0.3, 0.4) is 0 Å². The Hall–Kier alpha value is -1.36. The third kappa shape index (κ3) is 2.18. The Labute approximate surface area is 88.4 Å². The fourth-order valence-corrected chi connectivity index (χ4v) is 1.72. The van der Waals surface area contributed by atoms with E-state index >= 15 is 0 Å². The van der Waals surface area contributed by atoms with Gasteiger partial charge in [-0.2, -0.15) is 0 Å². The summed E-state index contributed by atoms with van der Waals surface area (Å²) in [7, 11) is 0. The van der Waals surface area contributed by atoms with Crippen LogP contribution in [0.15, 0.2) is 10.8 Å². The van der Waals surface area contributed by atoms with Gasteiger partial charge in [-0.1, -0.05) is 5.16 Å². The first-order valence-electron chi connectivity index (χ1n) is 5.20. The van der Waals surface area contributed by atoms with Gasteiger partial charge < -0.3 is 14.7 Å². The molecule has 1 fully saturated rings. The number of carbonyl (C=O) groups excluding carboxylic acids is 1. The maximum atomic E-state index is 12.0. The van der Waals surface area contributed by atoms with Crippen LogP contribution in [0.2, 0.25) is 0 Å². The monoisotopic (exact) mass is 209 g/mol. The van der Waals surface area contributed by atoms with E-state index in [4.69, 9.17) is 4.52 Å². The summed E-state index contributed by atoms with van der Waals surface area (Å²) in [6.07, 6.45) is 2.42. The molecule has 1 N–H and O–H groups in total. The highest BCUT2D eigenvalue weighted by molar-refractivity contribution is 5.94. The molecule has 1 saturated heterocycles. The first-order chi connectivity index (χ1) is 7.29. The molecular weight excluding hydrogens is 194 g/mol. The average molecular weight is 209 g/mol. The zero-order valence-corrected chi connectivity index (χ0v) is 8.82. The van der Waals surface area contributed by atoms with Crippen molar-refractivity contribution in [3.8, 4) is 0 Å². The molecule has 0 saturated carbocycles. The van der Waals surface area contributed by atoms with Crippen LogP contribution in [0.1, 0.15) is 22.5 Å². The molecule has 1 amide bonds. The predicted octanol–water partition coefficient (Wildman–Crippen LogP) is 0.419. The fraction of sp³-hybridized carbons (Fsp3) is 0.600. The molecule has 5 nitrogen and oxygen atoms in total. The molecule has 0 aromatic carbocycles. The van der Waals surface area contributed by atoms with Crippen molar-refractivity contribution in [3.63, 3.8) is 0 Å². The Morgan fingerprint density at radius 1 is 1.53 bits per heavy atom. The van der Waals surface area contributed by atoms with Crippen molar-refractivity contribution in [2.45, 2.75) is 13.3 Å². The Balaban J connectivity index is 2.09. The molecule has 1 aromatic heterocycles. The summed E-state index contributed by atoms with van der Waals surface area (Å²) in [5.41, 5.74) is 1.24. The number of amides is 1. The third-order valence-corrected chi connectivity index (χ3v) is 2.61. The van der Waals surface area contributed by atoms with Gasteiger partial charge in [-0.25, -0.2) is 0 Å². The molecule has 2 heterocycles. The Kier molecular flexibility index (Phi) is 3.01. The molecule has 2 rings (SSSR count). The second-order valence-electron chi connectivity index (χ2n) is 3.71. The van der Waals surface area contributed by atoms with Crippen molar-refractivity contribution >= 4 is 5.91 Å². The maximum absolute atomic E-state index is 12.0. The highest BCUT2D eigenvalue weighted by Gasteiger charge is 2.20. The van der Waals surface area contributed by atoms with E-state index in [9.17, 15) is 4.79 Å². The Morgan fingerprint density at radius 2 is 2.40 bits per heavy atom. The van der Waals surface area contributed by atoms with Crippen LogP contribution >= 0.6 is 0 Å². The summed E-state index contributed by atoms with van der Waals surface area (Å²) < 4.78 is 4.78. The van der Waals surface area contributed by atoms with E-state index in [1.807, 2.05) is 4.90 Å². The molecule has 0 unspecified atom stereocenters. The van der Waals surface area contributed by atoms with Gasteiger partial charge in [-0.05, 0) is 19.9 Å². The molecule has 0 spiro atoms. The van der Waals surface area contributed by atoms with Crippen LogP contribution in [-0.4, -0.2) is 42.1 Å². The van der Waals surface area contributed by atoms with Gasteiger partial charge in [0.1, 0.15) is 11.8 Å². The molecule has 1 aromatic rings. The molecule has 5 heteroatoms. The van der Waals surface area contributed by atoms with Crippen molar-refractivity contribution in [3.05, 3.63) is 17.5 Å². The lowest BCUT2D eigenvalue weighted by molar-refractivity contribution is 0.0765. The lowest BCUT2D eigenvalue weighted by Crippen LogP contribution is -2.34. The van der Waals surface area contributed by atoms with Gasteiger partial charge >= 0.3 is 0 Å². The number of hydrogen-bond acceptors (Lipinski definition) is 4. The zero-order chi connectivity index (χ0) is 10.7. The number of carbonyl (C=O) groups is 1. The van der Waals surface area contributed by atoms with Crippen LogP contribution in [0, 0.1) is 6.92 Å². The second kappa shape index (κ2) is 4.44. The van der Waals surface area contributed by atoms with Crippen LogP contribution in [0.25, 0.3) is 0 Å². The maximum Gasteiger partial charge on any atom is 0.259 e. The Bertz CT molecular complexity index is 340. The minimum absolute atomic E-state index is 0.0254. The van der Waals surface area contributed by atoms with Crippen molar-refractivity contribution in [1.82, 2.24) is 15.4 Å². The first-order valence-corrected chi connectivity index (χ1v) is 5.20. The number of hydrogen-bond donors (Lipinski definition) is 1. The summed E-state index contributed by atoms with van der Waals surface area (Å²) in [5, 5.41) is 6.98. The minimum Gasteiger partial charge on any atom is -0.364 e. The summed E-state index contributed by atoms with van der Waals surface area (Å²) in [5.74, 6) is 0.0254. The highest BCUT2D eigenvalue weighted by atomic mass is 16.5. The first kappa shape index (κ1) is 10.2. The van der Waals surface area contributed by atoms with E-state index in [2.05, 4.69) is 10.5 Å². The molecule has 1 aliphatic heterocycles. The predicted molar refractivity (Wildman–Crippen MR) is 54.6 cm³/mol. The molecule has 1 aliphatic rings. The van der Waals surface area contributed by atoms with E-state index in [1.165, 1.54) is 6.26 Å². The third-order valence-electron chi connectivity index (χ3n) is 2.61. The van der Waals surface area contributed by atoms with Gasteiger partial charge in [-0.15, -0.1) is 0 Å². The van der Waals surface area contributed by atoms with E-state index in [0.717, 1.165) is 32.6 Å². The van der Waals surface area contributed by atoms with E-state index in [1.54, 1.807) is 6.92 Å². The lowest BCUT2D eigenvalue weighted by atomic mass is 10.2. The number of nitrogens with one attached hydrogen (secondary N) is 1. The topological polar surface area (TPSA) is 58.4 Å². The lowest BCUT2D eigenvalue weighted by Gasteiger charge is -2.18. The summed E-state index contributed by atoms with van der Waals surface area (Å²) >= 11 is 0. The summed E-state index contributed by atoms with van der Waals surface area (Å²) in [6, 6.07) is 0. The smallest absolute Gasteiger partial charge is 0.259 e. The van der Waals surface area contributed by atoms with Crippen LogP contribution in [0.4, 0.5) is 0 Å². The SMILES string of the molecule is Cc1nocc1C(=O)N1CCCNCC1. The van der Waals surface area contributed by atoms with Crippen molar-refractivity contribution in [2.75, 3.05) is 26.2 Å². The van der Waals surface area contributed by atoms with Gasteiger partial charge in [0.05, 0.1) is 5.69 Å². The fourth-order valence-electron chi connectivity index (χ4n) is 1.72. The van der Waals surface area contributed by atoms with E-state index < -0.39 is 0 Å². The molecule has 82 valence electrons. The molecule has 0 bridgehead atoms. The standard InChI is InChI=1S/C10H15N3O2/c1-8-9(7-15-12-8)10(14)13-5-2-3-11-4-6-13/h7,11H,2-6H2,1H3. The normalized spacial score (nSPS) is 17.5. The number of aryl methyl sites for hydroxylation is 1. The number of aromatic nitrogens is 1. The van der Waals surface area contributed by atoms with Crippen LogP contribution < -0.4 is 5.32 Å². The Morgan fingerprint density at radius 3 is 3.13 bits per heavy atom. The molecule has 0 radical (unpaired) electrons. The molecule has 0 atom stereocenters. The molecular formula is C10H15N3O2. The van der Waals surface area contributed by atoms with Crippen molar-refractivity contribution < 1.29 is 9.32 Å². The van der Waals surface area contributed by atoms with Crippen molar-refractivity contribution in [1.29, 1.82) is 0 Å².